The molecule has 1 aliphatic rings. The van der Waals surface area contributed by atoms with E-state index in [1.54, 1.807) is 0 Å². The highest BCUT2D eigenvalue weighted by molar-refractivity contribution is 5.89. The third kappa shape index (κ3) is 1.28. The minimum atomic E-state index is -0.527. The lowest BCUT2D eigenvalue weighted by atomic mass is 9.99. The fourth-order valence-electron chi connectivity index (χ4n) is 1.41. The first-order valence-corrected chi connectivity index (χ1v) is 4.03. The zero-order valence-corrected chi connectivity index (χ0v) is 6.90. The number of amides is 1. The molecule has 2 rings (SSSR count). The van der Waals surface area contributed by atoms with Crippen LogP contribution in [0.2, 0.25) is 0 Å². The molecule has 1 aliphatic heterocycles. The Kier molecular flexibility index (Phi) is 1.77. The number of nitrogens with one attached hydrogen (secondary N) is 1. The number of rotatable bonds is 1. The fraction of sp³-hybridized carbons (Fsp3) is 0.100. The van der Waals surface area contributed by atoms with Crippen LogP contribution in [0.15, 0.2) is 42.3 Å². The molecule has 13 heavy (non-hydrogen) atoms. The number of carbonyl (C=O) groups excluding carboxylic acids is 1. The number of aliphatic hydroxyl groups excluding tert-OH is 1. The molecule has 1 atom stereocenters. The molecule has 1 unspecified atom stereocenters. The van der Waals surface area contributed by atoms with Gasteiger partial charge in [0.05, 0.1) is 0 Å². The molecule has 2 N–H and O–H groups in total. The van der Waals surface area contributed by atoms with Crippen LogP contribution in [0, 0.1) is 0 Å². The van der Waals surface area contributed by atoms with Gasteiger partial charge in [-0.1, -0.05) is 30.3 Å². The van der Waals surface area contributed by atoms with Crippen LogP contribution in [0.4, 0.5) is 0 Å². The van der Waals surface area contributed by atoms with E-state index in [0.29, 0.717) is 0 Å². The second kappa shape index (κ2) is 2.94. The van der Waals surface area contributed by atoms with Crippen molar-refractivity contribution in [3.8, 4) is 0 Å². The van der Waals surface area contributed by atoms with Gasteiger partial charge in [-0.3, -0.25) is 4.79 Å². The molecule has 1 amide bonds. The van der Waals surface area contributed by atoms with Crippen molar-refractivity contribution in [3.63, 3.8) is 0 Å². The van der Waals surface area contributed by atoms with Gasteiger partial charge in [-0.25, -0.2) is 0 Å². The van der Waals surface area contributed by atoms with E-state index >= 15 is 0 Å². The lowest BCUT2D eigenvalue weighted by Crippen LogP contribution is -2.18. The normalized spacial score (nSPS) is 21.1. The number of hydrogen-bond acceptors (Lipinski definition) is 2. The smallest absolute Gasteiger partial charge is 0.239 e. The molecule has 0 radical (unpaired) electrons. The largest absolute Gasteiger partial charge is 0.510 e. The summed E-state index contributed by atoms with van der Waals surface area (Å²) in [7, 11) is 0. The lowest BCUT2D eigenvalue weighted by molar-refractivity contribution is -0.120. The van der Waals surface area contributed by atoms with Gasteiger partial charge in [0.25, 0.3) is 0 Å². The van der Waals surface area contributed by atoms with E-state index in [9.17, 15) is 9.90 Å². The van der Waals surface area contributed by atoms with E-state index < -0.39 is 5.92 Å². The molecule has 0 fully saturated rings. The lowest BCUT2D eigenvalue weighted by Gasteiger charge is -2.07. The molecule has 0 bridgehead atoms. The van der Waals surface area contributed by atoms with Gasteiger partial charge < -0.3 is 10.4 Å². The van der Waals surface area contributed by atoms with Crippen LogP contribution >= 0.6 is 0 Å². The van der Waals surface area contributed by atoms with Gasteiger partial charge in [-0.05, 0) is 5.56 Å². The summed E-state index contributed by atoms with van der Waals surface area (Å²) in [5.74, 6) is -0.624. The summed E-state index contributed by atoms with van der Waals surface area (Å²) >= 11 is 0. The van der Waals surface area contributed by atoms with E-state index in [4.69, 9.17) is 0 Å². The van der Waals surface area contributed by atoms with E-state index in [-0.39, 0.29) is 11.7 Å². The van der Waals surface area contributed by atoms with Crippen molar-refractivity contribution in [2.75, 3.05) is 0 Å². The Bertz CT molecular complexity index is 356. The molecule has 1 heterocycles. The molecule has 1 aromatic rings. The standard InChI is InChI=1S/C10H9NO2/c12-8-6-11-10(13)9(8)7-4-2-1-3-5-7/h1-6,9,12H,(H,11,13). The van der Waals surface area contributed by atoms with Crippen LogP contribution in [-0.2, 0) is 4.79 Å². The minimum Gasteiger partial charge on any atom is -0.510 e. The maximum absolute atomic E-state index is 11.3. The molecule has 0 aromatic heterocycles. The topological polar surface area (TPSA) is 49.3 Å². The maximum atomic E-state index is 11.3. The SMILES string of the molecule is O=C1NC=C(O)C1c1ccccc1. The van der Waals surface area contributed by atoms with Crippen LogP contribution < -0.4 is 5.32 Å². The third-order valence-electron chi connectivity index (χ3n) is 2.05. The zero-order valence-electron chi connectivity index (χ0n) is 6.90. The summed E-state index contributed by atoms with van der Waals surface area (Å²) in [6.45, 7) is 0. The van der Waals surface area contributed by atoms with Crippen molar-refractivity contribution in [2.24, 2.45) is 0 Å². The second-order valence-corrected chi connectivity index (χ2v) is 2.92. The Morgan fingerprint density at radius 3 is 2.46 bits per heavy atom. The average Bonchev–Trinajstić information content (AvgIpc) is 2.48. The molecule has 3 heteroatoms. The molecule has 0 saturated carbocycles. The first kappa shape index (κ1) is 7.86. The summed E-state index contributed by atoms with van der Waals surface area (Å²) in [5.41, 5.74) is 0.811. The first-order valence-electron chi connectivity index (χ1n) is 4.03. The summed E-state index contributed by atoms with van der Waals surface area (Å²) in [5, 5.41) is 11.9. The van der Waals surface area contributed by atoms with Crippen molar-refractivity contribution in [1.82, 2.24) is 5.32 Å². The van der Waals surface area contributed by atoms with Gasteiger partial charge >= 0.3 is 0 Å². The molecular weight excluding hydrogens is 166 g/mol. The molecule has 3 nitrogen and oxygen atoms in total. The van der Waals surface area contributed by atoms with Crippen LogP contribution in [0.5, 0.6) is 0 Å². The monoisotopic (exact) mass is 175 g/mol. The highest BCUT2D eigenvalue weighted by atomic mass is 16.3. The number of hydrogen-bond donors (Lipinski definition) is 2. The summed E-state index contributed by atoms with van der Waals surface area (Å²) < 4.78 is 0. The molecule has 66 valence electrons. The first-order chi connectivity index (χ1) is 6.29. The predicted molar refractivity (Wildman–Crippen MR) is 48.0 cm³/mol. The molecule has 0 spiro atoms. The number of carbonyl (C=O) groups is 1. The quantitative estimate of drug-likeness (QED) is 0.675. The Hall–Kier alpha value is -1.77. The molecule has 1 aromatic carbocycles. The van der Waals surface area contributed by atoms with E-state index in [0.717, 1.165) is 5.56 Å². The van der Waals surface area contributed by atoms with E-state index in [1.165, 1.54) is 6.20 Å². The summed E-state index contributed by atoms with van der Waals surface area (Å²) in [4.78, 5) is 11.3. The van der Waals surface area contributed by atoms with Gasteiger partial charge in [0.1, 0.15) is 11.7 Å². The molecule has 0 aliphatic carbocycles. The van der Waals surface area contributed by atoms with Crippen molar-refractivity contribution >= 4 is 5.91 Å². The van der Waals surface area contributed by atoms with Crippen molar-refractivity contribution in [2.45, 2.75) is 5.92 Å². The van der Waals surface area contributed by atoms with Crippen LogP contribution in [0.25, 0.3) is 0 Å². The Morgan fingerprint density at radius 2 is 1.92 bits per heavy atom. The van der Waals surface area contributed by atoms with Crippen LogP contribution in [0.1, 0.15) is 11.5 Å². The summed E-state index contributed by atoms with van der Waals surface area (Å²) in [6, 6.07) is 9.19. The third-order valence-corrected chi connectivity index (χ3v) is 2.05. The van der Waals surface area contributed by atoms with Gasteiger partial charge in [-0.2, -0.15) is 0 Å². The Labute approximate surface area is 75.7 Å². The van der Waals surface area contributed by atoms with Gasteiger partial charge in [0.15, 0.2) is 0 Å². The number of benzene rings is 1. The Morgan fingerprint density at radius 1 is 1.23 bits per heavy atom. The fourth-order valence-corrected chi connectivity index (χ4v) is 1.41. The number of aliphatic hydroxyl groups is 1. The van der Waals surface area contributed by atoms with Gasteiger partial charge in [0.2, 0.25) is 5.91 Å². The summed E-state index contributed by atoms with van der Waals surface area (Å²) in [6.07, 6.45) is 1.33. The van der Waals surface area contributed by atoms with E-state index in [2.05, 4.69) is 5.32 Å². The van der Waals surface area contributed by atoms with Crippen molar-refractivity contribution in [3.05, 3.63) is 47.9 Å². The predicted octanol–water partition coefficient (Wildman–Crippen LogP) is 1.30. The highest BCUT2D eigenvalue weighted by Gasteiger charge is 2.28. The molecular formula is C10H9NO2. The van der Waals surface area contributed by atoms with Crippen molar-refractivity contribution in [1.29, 1.82) is 0 Å². The minimum absolute atomic E-state index is 0.0798. The Balaban J connectivity index is 2.36. The second-order valence-electron chi connectivity index (χ2n) is 2.92. The van der Waals surface area contributed by atoms with Gasteiger partial charge in [0, 0.05) is 6.20 Å². The maximum Gasteiger partial charge on any atom is 0.239 e. The zero-order chi connectivity index (χ0) is 9.26. The van der Waals surface area contributed by atoms with Crippen LogP contribution in [0.3, 0.4) is 0 Å². The highest BCUT2D eigenvalue weighted by Crippen LogP contribution is 2.25. The molecule has 0 saturated heterocycles. The van der Waals surface area contributed by atoms with E-state index in [1.807, 2.05) is 30.3 Å². The van der Waals surface area contributed by atoms with Crippen LogP contribution in [-0.4, -0.2) is 11.0 Å². The van der Waals surface area contributed by atoms with Gasteiger partial charge in [-0.15, -0.1) is 0 Å². The average molecular weight is 175 g/mol. The van der Waals surface area contributed by atoms with Crippen molar-refractivity contribution < 1.29 is 9.90 Å².